The van der Waals surface area contributed by atoms with Crippen molar-refractivity contribution in [3.63, 3.8) is 0 Å². The van der Waals surface area contributed by atoms with E-state index in [1.54, 1.807) is 0 Å². The van der Waals surface area contributed by atoms with Crippen LogP contribution >= 0.6 is 0 Å². The molecule has 0 radical (unpaired) electrons. The van der Waals surface area contributed by atoms with Gasteiger partial charge in [-0.1, -0.05) is 6.07 Å². The molecule has 0 amide bonds. The lowest BCUT2D eigenvalue weighted by Gasteiger charge is -1.94. The Bertz CT molecular complexity index is 379. The summed E-state index contributed by atoms with van der Waals surface area (Å²) in [6.07, 6.45) is 4.01. The number of nitrogens with zero attached hydrogens (tertiary/aromatic N) is 1. The van der Waals surface area contributed by atoms with Crippen LogP contribution in [0.1, 0.15) is 0 Å². The summed E-state index contributed by atoms with van der Waals surface area (Å²) in [6.45, 7) is 0. The highest BCUT2D eigenvalue weighted by atomic mass is 14.9. The van der Waals surface area contributed by atoms with E-state index >= 15 is 0 Å². The molecule has 0 aliphatic rings. The van der Waals surface area contributed by atoms with Crippen LogP contribution in [-0.2, 0) is 0 Å². The molecule has 64 valence electrons. The Morgan fingerprint density at radius 2 is 1.46 bits per heavy atom. The Morgan fingerprint density at radius 3 is 2.08 bits per heavy atom. The average molecular weight is 171 g/mol. The molecule has 1 heterocycles. The van der Waals surface area contributed by atoms with Crippen molar-refractivity contribution < 1.29 is 4.57 Å². The Morgan fingerprint density at radius 1 is 0.846 bits per heavy atom. The van der Waals surface area contributed by atoms with Crippen LogP contribution in [-0.4, -0.2) is 0 Å². The highest BCUT2D eigenvalue weighted by molar-refractivity contribution is 5.41. The number of benzene rings is 1. The molecule has 0 spiro atoms. The normalized spacial score (nSPS) is 9.85. The van der Waals surface area contributed by atoms with Gasteiger partial charge in [0.25, 0.3) is 0 Å². The van der Waals surface area contributed by atoms with Crippen molar-refractivity contribution in [2.24, 2.45) is 0 Å². The molecule has 0 fully saturated rings. The van der Waals surface area contributed by atoms with E-state index in [9.17, 15) is 0 Å². The van der Waals surface area contributed by atoms with Crippen LogP contribution in [0.2, 0.25) is 0 Å². The molecule has 13 heavy (non-hydrogen) atoms. The number of hydrogen-bond donors (Lipinski definition) is 1. The van der Waals surface area contributed by atoms with Crippen LogP contribution in [0, 0.1) is 0 Å². The zero-order valence-electron chi connectivity index (χ0n) is 7.22. The first-order valence-electron chi connectivity index (χ1n) is 4.18. The maximum absolute atomic E-state index is 5.60. The predicted molar refractivity (Wildman–Crippen MR) is 52.4 cm³/mol. The molecule has 2 heteroatoms. The summed E-state index contributed by atoms with van der Waals surface area (Å²) in [5, 5.41) is 0. The van der Waals surface area contributed by atoms with Gasteiger partial charge < -0.3 is 5.73 Å². The molecule has 0 unspecified atom stereocenters. The minimum absolute atomic E-state index is 0.792. The van der Waals surface area contributed by atoms with Gasteiger partial charge >= 0.3 is 0 Å². The maximum Gasteiger partial charge on any atom is 0.210 e. The van der Waals surface area contributed by atoms with E-state index in [-0.39, 0.29) is 0 Å². The lowest BCUT2D eigenvalue weighted by Crippen LogP contribution is -2.28. The molecule has 0 bridgehead atoms. The number of nitrogen functional groups attached to an aromatic ring is 1. The number of hydrogen-bond acceptors (Lipinski definition) is 1. The third kappa shape index (κ3) is 1.67. The van der Waals surface area contributed by atoms with Crippen LogP contribution in [0.4, 0.5) is 5.69 Å². The lowest BCUT2D eigenvalue weighted by atomic mass is 10.3. The largest absolute Gasteiger partial charge is 0.399 e. The zero-order chi connectivity index (χ0) is 9.10. The minimum Gasteiger partial charge on any atom is -0.399 e. The fourth-order valence-electron chi connectivity index (χ4n) is 1.22. The molecule has 2 N–H and O–H groups in total. The standard InChI is InChI=1S/C11H11N2/c12-10-4-6-11(7-5-10)13-8-2-1-3-9-13/h1-9H,12H2/q+1. The molecule has 2 nitrogen and oxygen atoms in total. The smallest absolute Gasteiger partial charge is 0.210 e. The predicted octanol–water partition coefficient (Wildman–Crippen LogP) is 1.55. The van der Waals surface area contributed by atoms with Gasteiger partial charge in [-0.2, -0.15) is 4.57 Å². The molecule has 2 rings (SSSR count). The van der Waals surface area contributed by atoms with E-state index in [2.05, 4.69) is 0 Å². The van der Waals surface area contributed by atoms with Gasteiger partial charge in [0.05, 0.1) is 0 Å². The number of nitrogens with two attached hydrogens (primary N) is 1. The Hall–Kier alpha value is -1.83. The molecule has 2 aromatic rings. The van der Waals surface area contributed by atoms with Crippen molar-refractivity contribution in [3.05, 3.63) is 54.9 Å². The minimum atomic E-state index is 0.792. The van der Waals surface area contributed by atoms with E-state index in [0.29, 0.717) is 0 Å². The van der Waals surface area contributed by atoms with E-state index in [1.807, 2.05) is 59.4 Å². The van der Waals surface area contributed by atoms with Gasteiger partial charge in [0.2, 0.25) is 5.69 Å². The summed E-state index contributed by atoms with van der Waals surface area (Å²) >= 11 is 0. The summed E-state index contributed by atoms with van der Waals surface area (Å²) in [5.74, 6) is 0. The monoisotopic (exact) mass is 171 g/mol. The Kier molecular flexibility index (Phi) is 1.96. The highest BCUT2D eigenvalue weighted by Gasteiger charge is 2.01. The second-order valence-electron chi connectivity index (χ2n) is 2.87. The van der Waals surface area contributed by atoms with E-state index in [1.165, 1.54) is 0 Å². The first-order valence-corrected chi connectivity index (χ1v) is 4.18. The van der Waals surface area contributed by atoms with E-state index in [0.717, 1.165) is 11.4 Å². The number of aromatic nitrogens is 1. The molecule has 1 aromatic heterocycles. The summed E-state index contributed by atoms with van der Waals surface area (Å²) in [5.41, 5.74) is 7.51. The number of rotatable bonds is 1. The van der Waals surface area contributed by atoms with Crippen molar-refractivity contribution >= 4 is 5.69 Å². The quantitative estimate of drug-likeness (QED) is 0.512. The van der Waals surface area contributed by atoms with Crippen LogP contribution < -0.4 is 10.3 Å². The second kappa shape index (κ2) is 3.27. The molecule has 0 aliphatic heterocycles. The maximum atomic E-state index is 5.60. The highest BCUT2D eigenvalue weighted by Crippen LogP contribution is 2.04. The van der Waals surface area contributed by atoms with Crippen LogP contribution in [0.3, 0.4) is 0 Å². The van der Waals surface area contributed by atoms with E-state index < -0.39 is 0 Å². The summed E-state index contributed by atoms with van der Waals surface area (Å²) < 4.78 is 2.04. The molecule has 0 saturated heterocycles. The Labute approximate surface area is 77.3 Å². The van der Waals surface area contributed by atoms with Crippen molar-refractivity contribution in [3.8, 4) is 5.69 Å². The van der Waals surface area contributed by atoms with Gasteiger partial charge in [0, 0.05) is 30.0 Å². The van der Waals surface area contributed by atoms with Gasteiger partial charge in [-0.3, -0.25) is 0 Å². The lowest BCUT2D eigenvalue weighted by molar-refractivity contribution is -0.595. The van der Waals surface area contributed by atoms with Gasteiger partial charge in [0.1, 0.15) is 0 Å². The van der Waals surface area contributed by atoms with Gasteiger partial charge in [-0.05, 0) is 12.1 Å². The topological polar surface area (TPSA) is 29.9 Å². The van der Waals surface area contributed by atoms with E-state index in [4.69, 9.17) is 5.73 Å². The van der Waals surface area contributed by atoms with Crippen molar-refractivity contribution in [1.82, 2.24) is 0 Å². The van der Waals surface area contributed by atoms with Crippen LogP contribution in [0.5, 0.6) is 0 Å². The fourth-order valence-corrected chi connectivity index (χ4v) is 1.22. The van der Waals surface area contributed by atoms with Crippen molar-refractivity contribution in [1.29, 1.82) is 0 Å². The van der Waals surface area contributed by atoms with Gasteiger partial charge in [-0.15, -0.1) is 0 Å². The molecular weight excluding hydrogens is 160 g/mol. The SMILES string of the molecule is Nc1ccc(-[n+]2ccccc2)cc1. The number of pyridine rings is 1. The van der Waals surface area contributed by atoms with Crippen molar-refractivity contribution in [2.75, 3.05) is 5.73 Å². The first-order chi connectivity index (χ1) is 6.36. The van der Waals surface area contributed by atoms with Gasteiger partial charge in [0.15, 0.2) is 12.4 Å². The van der Waals surface area contributed by atoms with Crippen molar-refractivity contribution in [2.45, 2.75) is 0 Å². The summed E-state index contributed by atoms with van der Waals surface area (Å²) in [7, 11) is 0. The fraction of sp³-hybridized carbons (Fsp3) is 0. The third-order valence-corrected chi connectivity index (χ3v) is 1.91. The third-order valence-electron chi connectivity index (χ3n) is 1.91. The first kappa shape index (κ1) is 7.80. The molecule has 0 atom stereocenters. The number of anilines is 1. The zero-order valence-corrected chi connectivity index (χ0v) is 7.22. The second-order valence-corrected chi connectivity index (χ2v) is 2.87. The molecule has 0 aliphatic carbocycles. The summed E-state index contributed by atoms with van der Waals surface area (Å²) in [6, 6.07) is 13.8. The molecule has 0 saturated carbocycles. The molecule has 1 aromatic carbocycles. The van der Waals surface area contributed by atoms with Gasteiger partial charge in [-0.25, -0.2) is 0 Å². The Balaban J connectivity index is 2.42. The average Bonchev–Trinajstić information content (AvgIpc) is 2.20. The molecular formula is C11H11N2+. The van der Waals surface area contributed by atoms with Crippen LogP contribution in [0.15, 0.2) is 54.9 Å². The summed E-state index contributed by atoms with van der Waals surface area (Å²) in [4.78, 5) is 0. The van der Waals surface area contributed by atoms with Crippen LogP contribution in [0.25, 0.3) is 5.69 Å².